The lowest BCUT2D eigenvalue weighted by Crippen LogP contribution is -2.09. The first-order valence-electron chi connectivity index (χ1n) is 4.65. The van der Waals surface area contributed by atoms with E-state index in [1.165, 1.54) is 0 Å². The molecular weight excluding hydrogens is 292 g/mol. The van der Waals surface area contributed by atoms with E-state index in [1.807, 2.05) is 6.07 Å². The summed E-state index contributed by atoms with van der Waals surface area (Å²) < 4.78 is 13.7. The number of nitrogens with two attached hydrogens (primary N) is 1. The fourth-order valence-electron chi connectivity index (χ4n) is 1.44. The molecule has 0 aromatic carbocycles. The number of anilines is 1. The molecule has 2 heterocycles. The molecule has 2 aromatic heterocycles. The molecule has 7 heteroatoms. The lowest BCUT2D eigenvalue weighted by molar-refractivity contribution is 0.679. The molecule has 5 nitrogen and oxygen atoms in total. The number of nitrogens with zero attached hydrogens (tertiary/aromatic N) is 3. The monoisotopic (exact) mass is 302 g/mol. The number of fused-ring (bicyclic) bond motifs is 1. The standard InChI is InChI=1S/C9H11BrN4OS/c1-16(15)3-2-14-8-7(13-9(14)11)4-6(10)5-12-8/h4-5H,2-3H2,1H3,(H2,11,13). The molecule has 2 rings (SSSR count). The van der Waals surface area contributed by atoms with Gasteiger partial charge in [-0.25, -0.2) is 9.97 Å². The molecule has 2 N–H and O–H groups in total. The van der Waals surface area contributed by atoms with E-state index in [1.54, 1.807) is 17.0 Å². The molecule has 0 amide bonds. The number of aryl methyl sites for hydroxylation is 1. The van der Waals surface area contributed by atoms with Gasteiger partial charge in [0.15, 0.2) is 5.65 Å². The van der Waals surface area contributed by atoms with Gasteiger partial charge < -0.3 is 5.73 Å². The Kier molecular flexibility index (Phi) is 3.25. The van der Waals surface area contributed by atoms with Crippen molar-refractivity contribution in [1.82, 2.24) is 14.5 Å². The van der Waals surface area contributed by atoms with Crippen LogP contribution >= 0.6 is 15.9 Å². The van der Waals surface area contributed by atoms with Crippen molar-refractivity contribution in [2.45, 2.75) is 6.54 Å². The average Bonchev–Trinajstić information content (AvgIpc) is 2.50. The summed E-state index contributed by atoms with van der Waals surface area (Å²) in [4.78, 5) is 8.46. The Balaban J connectivity index is 2.43. The van der Waals surface area contributed by atoms with Crippen molar-refractivity contribution in [3.05, 3.63) is 16.7 Å². The normalized spacial score (nSPS) is 13.1. The fourth-order valence-corrected chi connectivity index (χ4v) is 2.20. The van der Waals surface area contributed by atoms with Gasteiger partial charge in [0.2, 0.25) is 5.95 Å². The molecule has 86 valence electrons. The molecular formula is C9H11BrN4OS. The molecule has 16 heavy (non-hydrogen) atoms. The number of halogens is 1. The molecule has 0 aliphatic heterocycles. The van der Waals surface area contributed by atoms with Crippen molar-refractivity contribution >= 4 is 43.8 Å². The van der Waals surface area contributed by atoms with Gasteiger partial charge in [0.1, 0.15) is 5.52 Å². The summed E-state index contributed by atoms with van der Waals surface area (Å²) in [5.74, 6) is 0.957. The van der Waals surface area contributed by atoms with E-state index in [0.29, 0.717) is 18.2 Å². The van der Waals surface area contributed by atoms with Crippen LogP contribution < -0.4 is 5.73 Å². The van der Waals surface area contributed by atoms with Gasteiger partial charge in [0.25, 0.3) is 0 Å². The Morgan fingerprint density at radius 1 is 1.62 bits per heavy atom. The molecule has 1 unspecified atom stereocenters. The predicted octanol–water partition coefficient (Wildman–Crippen LogP) is 1.15. The van der Waals surface area contributed by atoms with Gasteiger partial charge in [0, 0.05) is 40.0 Å². The van der Waals surface area contributed by atoms with Crippen molar-refractivity contribution in [3.8, 4) is 0 Å². The van der Waals surface area contributed by atoms with Crippen molar-refractivity contribution in [2.24, 2.45) is 0 Å². The third-order valence-corrected chi connectivity index (χ3v) is 3.37. The Labute approximate surface area is 104 Å². The summed E-state index contributed by atoms with van der Waals surface area (Å²) >= 11 is 3.33. The van der Waals surface area contributed by atoms with E-state index in [2.05, 4.69) is 25.9 Å². The highest BCUT2D eigenvalue weighted by Crippen LogP contribution is 2.19. The average molecular weight is 303 g/mol. The number of pyridine rings is 1. The van der Waals surface area contributed by atoms with Crippen LogP contribution in [0.1, 0.15) is 0 Å². The smallest absolute Gasteiger partial charge is 0.202 e. The summed E-state index contributed by atoms with van der Waals surface area (Å²) in [5.41, 5.74) is 7.26. The molecule has 0 saturated heterocycles. The van der Waals surface area contributed by atoms with E-state index in [-0.39, 0.29) is 0 Å². The molecule has 0 fully saturated rings. The van der Waals surface area contributed by atoms with Crippen molar-refractivity contribution in [1.29, 1.82) is 0 Å². The van der Waals surface area contributed by atoms with Gasteiger partial charge in [-0.15, -0.1) is 0 Å². The molecule has 2 aromatic rings. The van der Waals surface area contributed by atoms with Crippen molar-refractivity contribution in [2.75, 3.05) is 17.7 Å². The first kappa shape index (κ1) is 11.5. The summed E-state index contributed by atoms with van der Waals surface area (Å²) in [7, 11) is -0.847. The Morgan fingerprint density at radius 2 is 2.38 bits per heavy atom. The van der Waals surface area contributed by atoms with Crippen LogP contribution in [0.3, 0.4) is 0 Å². The molecule has 0 aliphatic carbocycles. The number of aromatic nitrogens is 3. The van der Waals surface area contributed by atoms with Crippen LogP contribution in [0.4, 0.5) is 5.95 Å². The fraction of sp³-hybridized carbons (Fsp3) is 0.333. The first-order valence-corrected chi connectivity index (χ1v) is 7.17. The second kappa shape index (κ2) is 4.50. The zero-order chi connectivity index (χ0) is 11.7. The second-order valence-corrected chi connectivity index (χ2v) is 5.87. The van der Waals surface area contributed by atoms with E-state index >= 15 is 0 Å². The second-order valence-electron chi connectivity index (χ2n) is 3.40. The third-order valence-electron chi connectivity index (χ3n) is 2.18. The largest absolute Gasteiger partial charge is 0.369 e. The minimum absolute atomic E-state index is 0.408. The first-order chi connectivity index (χ1) is 7.58. The Morgan fingerprint density at radius 3 is 3.06 bits per heavy atom. The lowest BCUT2D eigenvalue weighted by Gasteiger charge is -2.03. The van der Waals surface area contributed by atoms with Crippen molar-refractivity contribution in [3.63, 3.8) is 0 Å². The molecule has 0 spiro atoms. The molecule has 0 aliphatic rings. The third kappa shape index (κ3) is 2.25. The number of nitrogen functional groups attached to an aromatic ring is 1. The molecule has 0 saturated carbocycles. The maximum atomic E-state index is 11.0. The Bertz CT molecular complexity index is 554. The van der Waals surface area contributed by atoms with Gasteiger partial charge in [-0.3, -0.25) is 8.78 Å². The van der Waals surface area contributed by atoms with Crippen LogP contribution in [-0.4, -0.2) is 30.8 Å². The van der Waals surface area contributed by atoms with Gasteiger partial charge in [0.05, 0.1) is 0 Å². The Hall–Kier alpha value is -0.950. The number of rotatable bonds is 3. The lowest BCUT2D eigenvalue weighted by atomic mass is 10.4. The minimum atomic E-state index is -0.847. The zero-order valence-electron chi connectivity index (χ0n) is 8.68. The topological polar surface area (TPSA) is 73.8 Å². The highest BCUT2D eigenvalue weighted by Gasteiger charge is 2.09. The molecule has 0 radical (unpaired) electrons. The minimum Gasteiger partial charge on any atom is -0.369 e. The summed E-state index contributed by atoms with van der Waals surface area (Å²) in [5, 5.41) is 0. The quantitative estimate of drug-likeness (QED) is 0.923. The number of hydrogen-bond acceptors (Lipinski definition) is 4. The van der Waals surface area contributed by atoms with Crippen LogP contribution in [0.2, 0.25) is 0 Å². The summed E-state index contributed by atoms with van der Waals surface area (Å²) in [6.07, 6.45) is 3.36. The summed E-state index contributed by atoms with van der Waals surface area (Å²) in [6.45, 7) is 0.570. The summed E-state index contributed by atoms with van der Waals surface area (Å²) in [6, 6.07) is 1.86. The zero-order valence-corrected chi connectivity index (χ0v) is 11.1. The van der Waals surface area contributed by atoms with E-state index in [9.17, 15) is 4.21 Å². The van der Waals surface area contributed by atoms with Gasteiger partial charge in [-0.2, -0.15) is 0 Å². The van der Waals surface area contributed by atoms with Gasteiger partial charge in [-0.1, -0.05) is 0 Å². The van der Waals surface area contributed by atoms with E-state index in [4.69, 9.17) is 5.73 Å². The number of hydrogen-bond donors (Lipinski definition) is 1. The van der Waals surface area contributed by atoms with Crippen LogP contribution in [0.25, 0.3) is 11.2 Å². The van der Waals surface area contributed by atoms with Gasteiger partial charge in [-0.05, 0) is 22.0 Å². The molecule has 1 atom stereocenters. The van der Waals surface area contributed by atoms with Crippen LogP contribution in [0, 0.1) is 0 Å². The van der Waals surface area contributed by atoms with Crippen LogP contribution in [-0.2, 0) is 17.3 Å². The maximum Gasteiger partial charge on any atom is 0.202 e. The van der Waals surface area contributed by atoms with Gasteiger partial charge >= 0.3 is 0 Å². The SMILES string of the molecule is CS(=O)CCn1c(N)nc2cc(Br)cnc21. The highest BCUT2D eigenvalue weighted by molar-refractivity contribution is 9.10. The highest BCUT2D eigenvalue weighted by atomic mass is 79.9. The van der Waals surface area contributed by atoms with Crippen LogP contribution in [0.5, 0.6) is 0 Å². The molecule has 0 bridgehead atoms. The van der Waals surface area contributed by atoms with Crippen LogP contribution in [0.15, 0.2) is 16.7 Å². The maximum absolute atomic E-state index is 11.0. The number of imidazole rings is 1. The van der Waals surface area contributed by atoms with E-state index in [0.717, 1.165) is 15.6 Å². The predicted molar refractivity (Wildman–Crippen MR) is 68.6 cm³/mol. The van der Waals surface area contributed by atoms with Crippen molar-refractivity contribution < 1.29 is 4.21 Å². The van der Waals surface area contributed by atoms with E-state index < -0.39 is 10.8 Å².